The molecule has 0 spiro atoms. The lowest BCUT2D eigenvalue weighted by Crippen LogP contribution is -2.35. The van der Waals surface area contributed by atoms with Crippen LogP contribution in [0.15, 0.2) is 15.9 Å². The van der Waals surface area contributed by atoms with Gasteiger partial charge in [0.05, 0.1) is 3.79 Å². The molecular formula is C11H18BrNOS. The SMILES string of the molecule is CC(NC(C)C(C)CO)c1ccc(Br)s1. The lowest BCUT2D eigenvalue weighted by Gasteiger charge is -2.23. The van der Waals surface area contributed by atoms with Gasteiger partial charge >= 0.3 is 0 Å². The first-order valence-electron chi connectivity index (χ1n) is 5.16. The van der Waals surface area contributed by atoms with Gasteiger partial charge in [0, 0.05) is 23.6 Å². The molecule has 0 aromatic carbocycles. The molecule has 1 aromatic rings. The van der Waals surface area contributed by atoms with Crippen LogP contribution >= 0.6 is 27.3 Å². The van der Waals surface area contributed by atoms with Crippen molar-refractivity contribution < 1.29 is 5.11 Å². The number of aliphatic hydroxyl groups excluding tert-OH is 1. The van der Waals surface area contributed by atoms with E-state index >= 15 is 0 Å². The molecule has 0 aliphatic heterocycles. The van der Waals surface area contributed by atoms with E-state index in [0.29, 0.717) is 12.1 Å². The average molecular weight is 292 g/mol. The third-order valence-corrected chi connectivity index (χ3v) is 4.48. The van der Waals surface area contributed by atoms with Gasteiger partial charge < -0.3 is 10.4 Å². The molecule has 86 valence electrons. The summed E-state index contributed by atoms with van der Waals surface area (Å²) in [6, 6.07) is 4.86. The van der Waals surface area contributed by atoms with E-state index < -0.39 is 0 Å². The Bertz CT molecular complexity index is 303. The fourth-order valence-corrected chi connectivity index (χ4v) is 2.79. The van der Waals surface area contributed by atoms with Crippen molar-refractivity contribution in [2.24, 2.45) is 5.92 Å². The lowest BCUT2D eigenvalue weighted by atomic mass is 10.0. The van der Waals surface area contributed by atoms with Crippen molar-refractivity contribution in [1.82, 2.24) is 5.32 Å². The molecule has 0 fully saturated rings. The molecule has 1 rings (SSSR count). The highest BCUT2D eigenvalue weighted by atomic mass is 79.9. The van der Waals surface area contributed by atoms with Crippen LogP contribution in [-0.2, 0) is 0 Å². The van der Waals surface area contributed by atoms with Gasteiger partial charge in [-0.1, -0.05) is 6.92 Å². The van der Waals surface area contributed by atoms with E-state index in [0.717, 1.165) is 3.79 Å². The fraction of sp³-hybridized carbons (Fsp3) is 0.636. The first kappa shape index (κ1) is 13.2. The molecule has 15 heavy (non-hydrogen) atoms. The van der Waals surface area contributed by atoms with Crippen LogP contribution in [-0.4, -0.2) is 17.8 Å². The summed E-state index contributed by atoms with van der Waals surface area (Å²) in [5.74, 6) is 0.288. The molecule has 0 aliphatic rings. The zero-order valence-corrected chi connectivity index (χ0v) is 11.7. The lowest BCUT2D eigenvalue weighted by molar-refractivity contribution is 0.202. The Morgan fingerprint density at radius 2 is 2.07 bits per heavy atom. The van der Waals surface area contributed by atoms with Crippen molar-refractivity contribution in [1.29, 1.82) is 0 Å². The summed E-state index contributed by atoms with van der Waals surface area (Å²) in [7, 11) is 0. The first-order valence-corrected chi connectivity index (χ1v) is 6.77. The summed E-state index contributed by atoms with van der Waals surface area (Å²) in [5.41, 5.74) is 0. The highest BCUT2D eigenvalue weighted by Gasteiger charge is 2.15. The highest BCUT2D eigenvalue weighted by molar-refractivity contribution is 9.11. The fourth-order valence-electron chi connectivity index (χ4n) is 1.36. The van der Waals surface area contributed by atoms with Gasteiger partial charge in [-0.25, -0.2) is 0 Å². The van der Waals surface area contributed by atoms with Crippen molar-refractivity contribution >= 4 is 27.3 Å². The number of nitrogens with one attached hydrogen (secondary N) is 1. The summed E-state index contributed by atoms with van der Waals surface area (Å²) in [5, 5.41) is 12.5. The van der Waals surface area contributed by atoms with Crippen molar-refractivity contribution in [2.75, 3.05) is 6.61 Å². The zero-order chi connectivity index (χ0) is 11.4. The summed E-state index contributed by atoms with van der Waals surface area (Å²) >= 11 is 5.21. The van der Waals surface area contributed by atoms with E-state index in [4.69, 9.17) is 5.11 Å². The van der Waals surface area contributed by atoms with E-state index in [1.54, 1.807) is 11.3 Å². The van der Waals surface area contributed by atoms with Crippen LogP contribution in [0.3, 0.4) is 0 Å². The van der Waals surface area contributed by atoms with Gasteiger partial charge in [-0.05, 0) is 47.8 Å². The monoisotopic (exact) mass is 291 g/mol. The summed E-state index contributed by atoms with van der Waals surface area (Å²) in [6.45, 7) is 6.54. The zero-order valence-electron chi connectivity index (χ0n) is 9.33. The quantitative estimate of drug-likeness (QED) is 0.873. The minimum atomic E-state index is 0.231. The van der Waals surface area contributed by atoms with Gasteiger partial charge in [0.2, 0.25) is 0 Å². The van der Waals surface area contributed by atoms with Crippen molar-refractivity contribution in [2.45, 2.75) is 32.9 Å². The van der Waals surface area contributed by atoms with Crippen LogP contribution in [0.2, 0.25) is 0 Å². The van der Waals surface area contributed by atoms with Crippen molar-refractivity contribution in [3.05, 3.63) is 20.8 Å². The Hall–Kier alpha value is 0.1000. The van der Waals surface area contributed by atoms with Crippen LogP contribution in [0, 0.1) is 5.92 Å². The molecule has 4 heteroatoms. The third-order valence-electron chi connectivity index (χ3n) is 2.68. The predicted molar refractivity (Wildman–Crippen MR) is 69.3 cm³/mol. The number of thiophene rings is 1. The molecular weight excluding hydrogens is 274 g/mol. The second-order valence-corrected chi connectivity index (χ2v) is 6.47. The number of hydrogen-bond donors (Lipinski definition) is 2. The van der Waals surface area contributed by atoms with Gasteiger partial charge in [-0.3, -0.25) is 0 Å². The molecule has 0 saturated heterocycles. The minimum absolute atomic E-state index is 0.231. The van der Waals surface area contributed by atoms with Gasteiger partial charge in [0.15, 0.2) is 0 Å². The maximum atomic E-state index is 9.05. The normalized spacial score (nSPS) is 17.4. The number of halogens is 1. The van der Waals surface area contributed by atoms with Gasteiger partial charge in [0.25, 0.3) is 0 Å². The Kier molecular flexibility index (Phi) is 5.26. The van der Waals surface area contributed by atoms with Gasteiger partial charge in [-0.15, -0.1) is 11.3 Å². The summed E-state index contributed by atoms with van der Waals surface area (Å²) in [4.78, 5) is 1.32. The molecule has 2 N–H and O–H groups in total. The molecule has 0 radical (unpaired) electrons. The maximum Gasteiger partial charge on any atom is 0.0701 e. The topological polar surface area (TPSA) is 32.3 Å². The van der Waals surface area contributed by atoms with Gasteiger partial charge in [-0.2, -0.15) is 0 Å². The molecule has 0 saturated carbocycles. The van der Waals surface area contributed by atoms with Crippen LogP contribution in [0.4, 0.5) is 0 Å². The third kappa shape index (κ3) is 3.87. The average Bonchev–Trinajstić information content (AvgIpc) is 2.63. The molecule has 2 nitrogen and oxygen atoms in total. The second kappa shape index (κ2) is 5.99. The molecule has 1 heterocycles. The number of hydrogen-bond acceptors (Lipinski definition) is 3. The van der Waals surface area contributed by atoms with E-state index in [1.807, 2.05) is 0 Å². The molecule has 3 atom stereocenters. The van der Waals surface area contributed by atoms with Crippen LogP contribution in [0.25, 0.3) is 0 Å². The molecule has 1 aromatic heterocycles. The Morgan fingerprint density at radius 3 is 2.53 bits per heavy atom. The predicted octanol–water partition coefficient (Wildman–Crippen LogP) is 3.18. The molecule has 3 unspecified atom stereocenters. The number of aliphatic hydroxyl groups is 1. The van der Waals surface area contributed by atoms with Crippen LogP contribution in [0.5, 0.6) is 0 Å². The maximum absolute atomic E-state index is 9.05. The first-order chi connectivity index (χ1) is 7.04. The summed E-state index contributed by atoms with van der Waals surface area (Å²) < 4.78 is 1.16. The van der Waals surface area contributed by atoms with Crippen LogP contribution < -0.4 is 5.32 Å². The minimum Gasteiger partial charge on any atom is -0.396 e. The Morgan fingerprint density at radius 1 is 1.40 bits per heavy atom. The molecule has 0 amide bonds. The largest absolute Gasteiger partial charge is 0.396 e. The van der Waals surface area contributed by atoms with Crippen molar-refractivity contribution in [3.8, 4) is 0 Å². The van der Waals surface area contributed by atoms with Crippen LogP contribution in [0.1, 0.15) is 31.7 Å². The Labute approximate surface area is 104 Å². The standard InChI is InChI=1S/C11H18BrNOS/c1-7(6-14)8(2)13-9(3)10-4-5-11(12)15-10/h4-5,7-9,13-14H,6H2,1-3H3. The van der Waals surface area contributed by atoms with E-state index in [1.165, 1.54) is 4.88 Å². The smallest absolute Gasteiger partial charge is 0.0701 e. The van der Waals surface area contributed by atoms with E-state index in [2.05, 4.69) is 54.2 Å². The van der Waals surface area contributed by atoms with Crippen molar-refractivity contribution in [3.63, 3.8) is 0 Å². The van der Waals surface area contributed by atoms with E-state index in [-0.39, 0.29) is 12.5 Å². The highest BCUT2D eigenvalue weighted by Crippen LogP contribution is 2.27. The molecule has 0 bridgehead atoms. The number of rotatable bonds is 5. The second-order valence-electron chi connectivity index (χ2n) is 3.98. The van der Waals surface area contributed by atoms with Gasteiger partial charge in [0.1, 0.15) is 0 Å². The van der Waals surface area contributed by atoms with E-state index in [9.17, 15) is 0 Å². The molecule has 0 aliphatic carbocycles. The Balaban J connectivity index is 2.52. The summed E-state index contributed by atoms with van der Waals surface area (Å²) in [6.07, 6.45) is 0.